The summed E-state index contributed by atoms with van der Waals surface area (Å²) in [5, 5.41) is 20.1. The number of methoxy groups -OCH3 is 1. The molecule has 0 radical (unpaired) electrons. The molecule has 0 spiro atoms. The normalized spacial score (nSPS) is 15.9. The van der Waals surface area contributed by atoms with Crippen molar-refractivity contribution in [1.29, 1.82) is 0 Å². The van der Waals surface area contributed by atoms with Crippen molar-refractivity contribution in [2.75, 3.05) is 25.2 Å². The summed E-state index contributed by atoms with van der Waals surface area (Å²) in [6.45, 7) is 4.67. The first-order valence-corrected chi connectivity index (χ1v) is 15.7. The van der Waals surface area contributed by atoms with Crippen LogP contribution in [-0.4, -0.2) is 47.3 Å². The summed E-state index contributed by atoms with van der Waals surface area (Å²) in [6.07, 6.45) is 0.795. The summed E-state index contributed by atoms with van der Waals surface area (Å²) in [7, 11) is 1.52. The van der Waals surface area contributed by atoms with Crippen LogP contribution in [0.15, 0.2) is 76.6 Å². The van der Waals surface area contributed by atoms with E-state index in [1.165, 1.54) is 29.8 Å². The van der Waals surface area contributed by atoms with Crippen LogP contribution in [0.2, 0.25) is 0 Å². The summed E-state index contributed by atoms with van der Waals surface area (Å²) < 4.78 is 31.6. The third-order valence-electron chi connectivity index (χ3n) is 6.76. The average Bonchev–Trinajstić information content (AvgIpc) is 3.61. The molecule has 1 amide bonds. The Morgan fingerprint density at radius 3 is 2.50 bits per heavy atom. The molecule has 1 aliphatic heterocycles. The summed E-state index contributed by atoms with van der Waals surface area (Å²) in [6, 6.07) is 17.1. The van der Waals surface area contributed by atoms with Crippen molar-refractivity contribution in [3.05, 3.63) is 94.8 Å². The molecule has 1 aromatic heterocycles. The molecule has 0 aliphatic carbocycles. The van der Waals surface area contributed by atoms with Gasteiger partial charge in [0, 0.05) is 11.3 Å². The zero-order chi connectivity index (χ0) is 31.2. The van der Waals surface area contributed by atoms with Crippen LogP contribution in [0.1, 0.15) is 43.0 Å². The van der Waals surface area contributed by atoms with Crippen LogP contribution in [0.5, 0.6) is 17.2 Å². The number of aliphatic hydroxyl groups excluding tert-OH is 1. The van der Waals surface area contributed by atoms with Crippen molar-refractivity contribution >= 4 is 45.7 Å². The Morgan fingerprint density at radius 1 is 1.02 bits per heavy atom. The SMILES string of the molecule is CCCOc1ccc(C2C(=C(O)c3ccc(OC)cc3)C(=O)C(=O)N2c2nnc(SCc3ccccc3F)s2)cc1OCC. The third-order valence-corrected chi connectivity index (χ3v) is 8.87. The van der Waals surface area contributed by atoms with Crippen molar-refractivity contribution in [2.24, 2.45) is 0 Å². The summed E-state index contributed by atoms with van der Waals surface area (Å²) in [5.41, 5.74) is 1.23. The van der Waals surface area contributed by atoms with Gasteiger partial charge in [-0.25, -0.2) is 4.39 Å². The molecular formula is C32H30FN3O6S2. The zero-order valence-corrected chi connectivity index (χ0v) is 25.9. The van der Waals surface area contributed by atoms with E-state index in [1.54, 1.807) is 60.7 Å². The van der Waals surface area contributed by atoms with Crippen LogP contribution in [0.4, 0.5) is 9.52 Å². The Labute approximate surface area is 262 Å². The Hall–Kier alpha value is -4.42. The number of benzene rings is 3. The number of nitrogens with zero attached hydrogens (tertiary/aromatic N) is 3. The van der Waals surface area contributed by atoms with Crippen molar-refractivity contribution in [2.45, 2.75) is 36.4 Å². The van der Waals surface area contributed by atoms with E-state index in [0.29, 0.717) is 57.2 Å². The predicted molar refractivity (Wildman–Crippen MR) is 167 cm³/mol. The highest BCUT2D eigenvalue weighted by Gasteiger charge is 2.48. The first-order valence-electron chi connectivity index (χ1n) is 13.9. The second-order valence-corrected chi connectivity index (χ2v) is 11.8. The minimum absolute atomic E-state index is 0.111. The number of halogens is 1. The van der Waals surface area contributed by atoms with E-state index in [0.717, 1.165) is 17.8 Å². The molecule has 5 rings (SSSR count). The molecule has 2 heterocycles. The number of aromatic nitrogens is 2. The van der Waals surface area contributed by atoms with Crippen molar-refractivity contribution in [3.63, 3.8) is 0 Å². The highest BCUT2D eigenvalue weighted by molar-refractivity contribution is 8.00. The Morgan fingerprint density at radius 2 is 1.80 bits per heavy atom. The molecule has 1 N–H and O–H groups in total. The van der Waals surface area contributed by atoms with Crippen molar-refractivity contribution < 1.29 is 33.3 Å². The fraction of sp³-hybridized carbons (Fsp3) is 0.250. The Kier molecular flexibility index (Phi) is 9.81. The molecule has 44 heavy (non-hydrogen) atoms. The molecule has 228 valence electrons. The van der Waals surface area contributed by atoms with E-state index in [4.69, 9.17) is 14.2 Å². The highest BCUT2D eigenvalue weighted by atomic mass is 32.2. The van der Waals surface area contributed by atoms with E-state index >= 15 is 0 Å². The van der Waals surface area contributed by atoms with E-state index < -0.39 is 17.7 Å². The summed E-state index contributed by atoms with van der Waals surface area (Å²) >= 11 is 2.36. The number of ether oxygens (including phenoxy) is 3. The number of hydrogen-bond acceptors (Lipinski definition) is 10. The van der Waals surface area contributed by atoms with E-state index in [-0.39, 0.29) is 22.3 Å². The van der Waals surface area contributed by atoms with Gasteiger partial charge in [0.1, 0.15) is 17.3 Å². The molecule has 9 nitrogen and oxygen atoms in total. The molecule has 0 bridgehead atoms. The monoisotopic (exact) mass is 635 g/mol. The zero-order valence-electron chi connectivity index (χ0n) is 24.3. The van der Waals surface area contributed by atoms with Gasteiger partial charge in [-0.15, -0.1) is 10.2 Å². The fourth-order valence-corrected chi connectivity index (χ4v) is 6.51. The molecular weight excluding hydrogens is 605 g/mol. The topological polar surface area (TPSA) is 111 Å². The lowest BCUT2D eigenvalue weighted by Crippen LogP contribution is -2.29. The van der Waals surface area contributed by atoms with Gasteiger partial charge in [0.15, 0.2) is 15.8 Å². The number of hydrogen-bond donors (Lipinski definition) is 1. The standard InChI is InChI=1S/C32H30FN3O6S2/c1-4-16-42-24-15-12-20(17-25(24)41-5-2)27-26(28(37)19-10-13-22(40-3)14-11-19)29(38)30(39)36(27)31-34-35-32(44-31)43-18-21-8-6-7-9-23(21)33/h6-15,17,27,37H,4-5,16,18H2,1-3H3. The number of ketones is 1. The summed E-state index contributed by atoms with van der Waals surface area (Å²) in [4.78, 5) is 28.5. The Bertz CT molecular complexity index is 1690. The lowest BCUT2D eigenvalue weighted by molar-refractivity contribution is -0.132. The van der Waals surface area contributed by atoms with Gasteiger partial charge in [-0.05, 0) is 66.9 Å². The number of aliphatic hydroxyl groups is 1. The molecule has 1 saturated heterocycles. The van der Waals surface area contributed by atoms with Gasteiger partial charge in [-0.2, -0.15) is 0 Å². The van der Waals surface area contributed by atoms with Crippen LogP contribution in [0.3, 0.4) is 0 Å². The molecule has 3 aromatic carbocycles. The van der Waals surface area contributed by atoms with Gasteiger partial charge in [0.05, 0.1) is 31.9 Å². The number of rotatable bonds is 12. The molecule has 4 aromatic rings. The highest BCUT2D eigenvalue weighted by Crippen LogP contribution is 2.45. The van der Waals surface area contributed by atoms with Crippen LogP contribution in [0.25, 0.3) is 5.76 Å². The quantitative estimate of drug-likeness (QED) is 0.0591. The molecule has 0 saturated carbocycles. The number of amides is 1. The molecule has 12 heteroatoms. The predicted octanol–water partition coefficient (Wildman–Crippen LogP) is 6.79. The molecule has 1 aliphatic rings. The molecule has 1 fully saturated rings. The smallest absolute Gasteiger partial charge is 0.301 e. The van der Waals surface area contributed by atoms with Gasteiger partial charge in [0.25, 0.3) is 5.78 Å². The first-order chi connectivity index (χ1) is 21.4. The van der Waals surface area contributed by atoms with Gasteiger partial charge in [-0.1, -0.05) is 54.3 Å². The summed E-state index contributed by atoms with van der Waals surface area (Å²) in [5.74, 6) is -0.583. The van der Waals surface area contributed by atoms with Crippen molar-refractivity contribution in [1.82, 2.24) is 10.2 Å². The van der Waals surface area contributed by atoms with E-state index in [1.807, 2.05) is 13.8 Å². The fourth-order valence-electron chi connectivity index (χ4n) is 4.66. The maximum absolute atomic E-state index is 14.2. The largest absolute Gasteiger partial charge is 0.507 e. The van der Waals surface area contributed by atoms with Crippen molar-refractivity contribution in [3.8, 4) is 17.2 Å². The second kappa shape index (κ2) is 13.9. The van der Waals surface area contributed by atoms with E-state index in [2.05, 4.69) is 10.2 Å². The maximum Gasteiger partial charge on any atom is 0.301 e. The maximum atomic E-state index is 14.2. The van der Waals surface area contributed by atoms with Gasteiger partial charge < -0.3 is 19.3 Å². The Balaban J connectivity index is 1.58. The number of carbonyl (C=O) groups excluding carboxylic acids is 2. The number of Topliss-reactive ketones (excluding diaryl/α,β-unsaturated/α-hetero) is 1. The second-order valence-electron chi connectivity index (χ2n) is 9.62. The van der Waals surface area contributed by atoms with E-state index in [9.17, 15) is 19.1 Å². The average molecular weight is 636 g/mol. The van der Waals surface area contributed by atoms with Crippen LogP contribution in [0, 0.1) is 5.82 Å². The minimum Gasteiger partial charge on any atom is -0.507 e. The van der Waals surface area contributed by atoms with Crippen LogP contribution >= 0.6 is 23.1 Å². The van der Waals surface area contributed by atoms with Crippen LogP contribution in [-0.2, 0) is 15.3 Å². The molecule has 1 atom stereocenters. The lowest BCUT2D eigenvalue weighted by atomic mass is 9.95. The number of thioether (sulfide) groups is 1. The minimum atomic E-state index is -1.05. The molecule has 1 unspecified atom stereocenters. The number of anilines is 1. The van der Waals surface area contributed by atoms with Gasteiger partial charge in [0.2, 0.25) is 5.13 Å². The third kappa shape index (κ3) is 6.41. The number of carbonyl (C=O) groups is 2. The van der Waals surface area contributed by atoms with Crippen LogP contribution < -0.4 is 19.1 Å². The lowest BCUT2D eigenvalue weighted by Gasteiger charge is -2.23. The van der Waals surface area contributed by atoms with Gasteiger partial charge >= 0.3 is 5.91 Å². The van der Waals surface area contributed by atoms with Gasteiger partial charge in [-0.3, -0.25) is 14.5 Å². The first kappa shape index (κ1) is 31.0.